The van der Waals surface area contributed by atoms with Crippen molar-refractivity contribution in [3.05, 3.63) is 71.8 Å². The number of carbonyl (C=O) groups is 1. The van der Waals surface area contributed by atoms with Crippen LogP contribution in [0.5, 0.6) is 0 Å². The fraction of sp³-hybridized carbons (Fsp3) is 0.261. The molecule has 174 valence electrons. The summed E-state index contributed by atoms with van der Waals surface area (Å²) in [7, 11) is 0. The molecule has 1 N–H and O–H groups in total. The smallest absolute Gasteiger partial charge is 0.321 e. The molecule has 2 aromatic carbocycles. The highest BCUT2D eigenvalue weighted by molar-refractivity contribution is 6.02. The zero-order valence-corrected chi connectivity index (χ0v) is 18.0. The minimum absolute atomic E-state index is 0.112. The number of fused-ring (bicyclic) bond motifs is 1. The number of anilines is 1. The van der Waals surface area contributed by atoms with E-state index in [-0.39, 0.29) is 11.4 Å². The van der Waals surface area contributed by atoms with Crippen LogP contribution in [0.1, 0.15) is 41.1 Å². The minimum atomic E-state index is -4.56. The summed E-state index contributed by atoms with van der Waals surface area (Å²) in [6.45, 7) is 0.844. The molecule has 0 fully saturated rings. The van der Waals surface area contributed by atoms with Gasteiger partial charge in [0.1, 0.15) is 5.82 Å². The Kier molecular flexibility index (Phi) is 5.60. The first-order chi connectivity index (χ1) is 16.4. The van der Waals surface area contributed by atoms with Crippen LogP contribution in [0.3, 0.4) is 0 Å². The van der Waals surface area contributed by atoms with Gasteiger partial charge in [0.15, 0.2) is 11.5 Å². The number of benzene rings is 2. The molecule has 0 atom stereocenters. The highest BCUT2D eigenvalue weighted by atomic mass is 19.4. The fourth-order valence-electron chi connectivity index (χ4n) is 4.03. The van der Waals surface area contributed by atoms with Gasteiger partial charge in [0.05, 0.1) is 17.4 Å². The van der Waals surface area contributed by atoms with Gasteiger partial charge in [0.2, 0.25) is 0 Å². The molecule has 2 aromatic heterocycles. The summed E-state index contributed by atoms with van der Waals surface area (Å²) in [5.74, 6) is 1.10. The zero-order valence-electron chi connectivity index (χ0n) is 18.0. The van der Waals surface area contributed by atoms with Gasteiger partial charge in [-0.3, -0.25) is 4.79 Å². The van der Waals surface area contributed by atoms with Crippen LogP contribution < -0.4 is 5.32 Å². The van der Waals surface area contributed by atoms with Crippen molar-refractivity contribution in [1.82, 2.24) is 29.8 Å². The Hall–Kier alpha value is -4.02. The molecule has 8 nitrogen and oxygen atoms in total. The Labute approximate surface area is 192 Å². The van der Waals surface area contributed by atoms with Crippen molar-refractivity contribution >= 4 is 11.6 Å². The number of rotatable bonds is 4. The van der Waals surface area contributed by atoms with Gasteiger partial charge in [0.25, 0.3) is 5.91 Å². The molecule has 34 heavy (non-hydrogen) atoms. The van der Waals surface area contributed by atoms with Gasteiger partial charge < -0.3 is 9.88 Å². The number of hydrogen-bond acceptors (Lipinski definition) is 5. The van der Waals surface area contributed by atoms with Crippen molar-refractivity contribution in [2.75, 3.05) is 5.32 Å². The van der Waals surface area contributed by atoms with Crippen molar-refractivity contribution in [3.8, 4) is 17.1 Å². The average Bonchev–Trinajstić information content (AvgIpc) is 3.41. The number of carbonyl (C=O) groups excluding carboxylic acids is 1. The van der Waals surface area contributed by atoms with Crippen molar-refractivity contribution in [1.29, 1.82) is 0 Å². The van der Waals surface area contributed by atoms with E-state index in [9.17, 15) is 18.0 Å². The highest BCUT2D eigenvalue weighted by Gasteiger charge is 2.34. The first-order valence-corrected chi connectivity index (χ1v) is 10.8. The highest BCUT2D eigenvalue weighted by Crippen LogP contribution is 2.33. The predicted octanol–water partition coefficient (Wildman–Crippen LogP) is 4.52. The van der Waals surface area contributed by atoms with Crippen LogP contribution in [-0.4, -0.2) is 35.7 Å². The van der Waals surface area contributed by atoms with Gasteiger partial charge in [-0.2, -0.15) is 13.2 Å². The maximum absolute atomic E-state index is 13.3. The van der Waals surface area contributed by atoms with E-state index in [1.807, 2.05) is 6.07 Å². The van der Waals surface area contributed by atoms with E-state index in [0.29, 0.717) is 5.69 Å². The number of hydrogen-bond donors (Lipinski definition) is 1. The molecular weight excluding hydrogens is 447 g/mol. The summed E-state index contributed by atoms with van der Waals surface area (Å²) in [5, 5.41) is 18.9. The van der Waals surface area contributed by atoms with Crippen LogP contribution in [0.4, 0.5) is 18.9 Å². The molecule has 11 heteroatoms. The lowest BCUT2D eigenvalue weighted by Crippen LogP contribution is -2.13. The molecule has 5 rings (SSSR count). The average molecular weight is 467 g/mol. The summed E-state index contributed by atoms with van der Waals surface area (Å²) in [4.78, 5) is 12.7. The second-order valence-corrected chi connectivity index (χ2v) is 8.00. The van der Waals surface area contributed by atoms with Crippen LogP contribution in [0.2, 0.25) is 0 Å². The molecule has 0 radical (unpaired) electrons. The van der Waals surface area contributed by atoms with Crippen LogP contribution in [0, 0.1) is 0 Å². The summed E-state index contributed by atoms with van der Waals surface area (Å²) >= 11 is 0. The Bertz CT molecular complexity index is 1340. The quantitative estimate of drug-likeness (QED) is 0.477. The normalized spacial score (nSPS) is 13.9. The molecular formula is C23H20F3N7O. The molecule has 0 aliphatic carbocycles. The maximum atomic E-state index is 13.3. The van der Waals surface area contributed by atoms with Gasteiger partial charge in [0, 0.05) is 24.2 Å². The molecule has 4 aromatic rings. The first-order valence-electron chi connectivity index (χ1n) is 10.8. The van der Waals surface area contributed by atoms with Crippen LogP contribution in [0.15, 0.2) is 54.7 Å². The van der Waals surface area contributed by atoms with E-state index in [2.05, 4.69) is 30.4 Å². The summed E-state index contributed by atoms with van der Waals surface area (Å²) in [6.07, 6.45) is 0.779. The fourth-order valence-corrected chi connectivity index (χ4v) is 4.03. The van der Waals surface area contributed by atoms with E-state index in [1.165, 1.54) is 24.4 Å². The van der Waals surface area contributed by atoms with E-state index >= 15 is 0 Å². The molecule has 1 amide bonds. The van der Waals surface area contributed by atoms with E-state index in [1.54, 1.807) is 18.2 Å². The molecule has 0 saturated carbocycles. The lowest BCUT2D eigenvalue weighted by molar-refractivity contribution is -0.137. The van der Waals surface area contributed by atoms with E-state index < -0.39 is 17.6 Å². The van der Waals surface area contributed by atoms with Gasteiger partial charge in [-0.15, -0.1) is 15.3 Å². The second-order valence-electron chi connectivity index (χ2n) is 8.00. The number of nitrogens with one attached hydrogen (secondary N) is 1. The maximum Gasteiger partial charge on any atom is 0.418 e. The Balaban J connectivity index is 1.37. The number of amides is 1. The Morgan fingerprint density at radius 3 is 2.68 bits per heavy atom. The SMILES string of the molecule is O=C(Nc1cccc(-c2nnc3n2CCCCC3)c1)c1cn(-c2ccccc2C(F)(F)F)nn1. The van der Waals surface area contributed by atoms with Crippen molar-refractivity contribution in [3.63, 3.8) is 0 Å². The van der Waals surface area contributed by atoms with Crippen LogP contribution >= 0.6 is 0 Å². The monoisotopic (exact) mass is 467 g/mol. The third kappa shape index (κ3) is 4.28. The van der Waals surface area contributed by atoms with Gasteiger partial charge >= 0.3 is 6.18 Å². The largest absolute Gasteiger partial charge is 0.418 e. The zero-order chi connectivity index (χ0) is 23.7. The number of alkyl halides is 3. The van der Waals surface area contributed by atoms with Gasteiger partial charge in [-0.05, 0) is 37.1 Å². The third-order valence-corrected chi connectivity index (χ3v) is 5.67. The van der Waals surface area contributed by atoms with Crippen LogP contribution in [-0.2, 0) is 19.1 Å². The number of aryl methyl sites for hydroxylation is 1. The number of nitrogens with zero attached hydrogens (tertiary/aromatic N) is 6. The molecule has 0 saturated heterocycles. The Morgan fingerprint density at radius 2 is 1.82 bits per heavy atom. The number of aromatic nitrogens is 6. The predicted molar refractivity (Wildman–Crippen MR) is 117 cm³/mol. The second kappa shape index (κ2) is 8.73. The van der Waals surface area contributed by atoms with Gasteiger partial charge in [-0.25, -0.2) is 4.68 Å². The summed E-state index contributed by atoms with van der Waals surface area (Å²) < 4.78 is 43.0. The molecule has 3 heterocycles. The molecule has 0 unspecified atom stereocenters. The van der Waals surface area contributed by atoms with Crippen molar-refractivity contribution in [2.45, 2.75) is 38.4 Å². The van der Waals surface area contributed by atoms with E-state index in [4.69, 9.17) is 0 Å². The molecule has 1 aliphatic heterocycles. The summed E-state index contributed by atoms with van der Waals surface area (Å²) in [5.41, 5.74) is 0.113. The van der Waals surface area contributed by atoms with Crippen LogP contribution in [0.25, 0.3) is 17.1 Å². The number of para-hydroxylation sites is 1. The standard InChI is InChI=1S/C23H20F3N7O/c24-23(25,26)17-9-3-4-10-19(17)33-14-18(28-31-33)22(34)27-16-8-6-7-15(13-16)21-30-29-20-11-2-1-5-12-32(20)21/h3-4,6-10,13-14H,1-2,5,11-12H2,(H,27,34). The molecule has 0 bridgehead atoms. The topological polar surface area (TPSA) is 90.5 Å². The minimum Gasteiger partial charge on any atom is -0.321 e. The van der Waals surface area contributed by atoms with Gasteiger partial charge in [-0.1, -0.05) is 35.9 Å². The van der Waals surface area contributed by atoms with Crippen molar-refractivity contribution in [2.24, 2.45) is 0 Å². The number of halogens is 3. The third-order valence-electron chi connectivity index (χ3n) is 5.67. The van der Waals surface area contributed by atoms with E-state index in [0.717, 1.165) is 60.2 Å². The lowest BCUT2D eigenvalue weighted by Gasteiger charge is -2.11. The van der Waals surface area contributed by atoms with Crippen molar-refractivity contribution < 1.29 is 18.0 Å². The Morgan fingerprint density at radius 1 is 0.971 bits per heavy atom. The lowest BCUT2D eigenvalue weighted by atomic mass is 10.1. The first kappa shape index (κ1) is 21.8. The molecule has 1 aliphatic rings. The molecule has 0 spiro atoms. The summed E-state index contributed by atoms with van der Waals surface area (Å²) in [6, 6.07) is 12.1.